The van der Waals surface area contributed by atoms with Crippen LogP contribution in [0.2, 0.25) is 0 Å². The van der Waals surface area contributed by atoms with Crippen LogP contribution in [0.15, 0.2) is 60.7 Å². The molecule has 0 aliphatic rings. The van der Waals surface area contributed by atoms with Crippen molar-refractivity contribution in [3.05, 3.63) is 60.7 Å². The van der Waals surface area contributed by atoms with Gasteiger partial charge in [-0.25, -0.2) is 4.98 Å². The van der Waals surface area contributed by atoms with Crippen LogP contribution in [0.4, 0.5) is 5.13 Å². The highest BCUT2D eigenvalue weighted by Gasteiger charge is 2.16. The van der Waals surface area contributed by atoms with Gasteiger partial charge in [0.15, 0.2) is 5.13 Å². The van der Waals surface area contributed by atoms with Crippen LogP contribution in [0, 0.1) is 0 Å². The Balaban J connectivity index is 1.63. The first kappa shape index (κ1) is 21.3. The number of thiazole rings is 1. The molecule has 3 nitrogen and oxygen atoms in total. The summed E-state index contributed by atoms with van der Waals surface area (Å²) < 4.78 is 0. The van der Waals surface area contributed by atoms with Crippen LogP contribution in [-0.4, -0.2) is 10.9 Å². The summed E-state index contributed by atoms with van der Waals surface area (Å²) in [6.45, 7) is 2.23. The fraction of sp³-hybridized carbons (Fsp3) is 0.360. The van der Waals surface area contributed by atoms with Gasteiger partial charge in [0, 0.05) is 12.0 Å². The van der Waals surface area contributed by atoms with E-state index in [1.807, 2.05) is 36.4 Å². The van der Waals surface area contributed by atoms with Crippen molar-refractivity contribution in [2.75, 3.05) is 5.32 Å². The van der Waals surface area contributed by atoms with Gasteiger partial charge >= 0.3 is 0 Å². The van der Waals surface area contributed by atoms with Gasteiger partial charge in [0.1, 0.15) is 0 Å². The van der Waals surface area contributed by atoms with Crippen LogP contribution in [0.5, 0.6) is 0 Å². The van der Waals surface area contributed by atoms with Gasteiger partial charge in [-0.05, 0) is 12.0 Å². The maximum atomic E-state index is 12.4. The summed E-state index contributed by atoms with van der Waals surface area (Å²) in [7, 11) is 0. The molecule has 1 heterocycles. The molecule has 0 aliphatic heterocycles. The zero-order valence-corrected chi connectivity index (χ0v) is 18.0. The molecule has 0 saturated heterocycles. The topological polar surface area (TPSA) is 42.0 Å². The summed E-state index contributed by atoms with van der Waals surface area (Å²) in [5.41, 5.74) is 3.11. The molecule has 1 amide bonds. The van der Waals surface area contributed by atoms with Gasteiger partial charge in [-0.1, -0.05) is 117 Å². The van der Waals surface area contributed by atoms with E-state index < -0.39 is 0 Å². The standard InChI is InChI=1S/C25H30N2OS/c1-2-3-4-5-6-7-14-19-22(28)26-25-27-23(20-15-10-8-11-16-20)24(29-25)21-17-12-9-13-18-21/h8-13,15-18H,2-7,14,19H2,1H3,(H,26,27,28). The molecule has 1 aromatic heterocycles. The summed E-state index contributed by atoms with van der Waals surface area (Å²) >= 11 is 1.55. The first-order valence-electron chi connectivity index (χ1n) is 10.7. The molecule has 0 spiro atoms. The molecule has 152 valence electrons. The molecular weight excluding hydrogens is 376 g/mol. The fourth-order valence-corrected chi connectivity index (χ4v) is 4.38. The van der Waals surface area contributed by atoms with Gasteiger partial charge in [0.25, 0.3) is 0 Å². The minimum Gasteiger partial charge on any atom is -0.302 e. The average Bonchev–Trinajstić information content (AvgIpc) is 3.18. The van der Waals surface area contributed by atoms with E-state index in [1.165, 1.54) is 32.1 Å². The van der Waals surface area contributed by atoms with Crippen molar-refractivity contribution in [2.45, 2.75) is 58.3 Å². The largest absolute Gasteiger partial charge is 0.302 e. The smallest absolute Gasteiger partial charge is 0.226 e. The number of carbonyl (C=O) groups is 1. The Morgan fingerprint density at radius 1 is 0.828 bits per heavy atom. The van der Waals surface area contributed by atoms with Gasteiger partial charge in [-0.3, -0.25) is 4.79 Å². The van der Waals surface area contributed by atoms with Crippen LogP contribution >= 0.6 is 11.3 Å². The zero-order chi connectivity index (χ0) is 20.3. The first-order chi connectivity index (χ1) is 14.3. The number of hydrogen-bond acceptors (Lipinski definition) is 3. The molecule has 0 atom stereocenters. The molecule has 4 heteroatoms. The van der Waals surface area contributed by atoms with Gasteiger partial charge in [0.2, 0.25) is 5.91 Å². The Morgan fingerprint density at radius 2 is 1.41 bits per heavy atom. The highest BCUT2D eigenvalue weighted by Crippen LogP contribution is 2.38. The Morgan fingerprint density at radius 3 is 2.07 bits per heavy atom. The highest BCUT2D eigenvalue weighted by atomic mass is 32.1. The molecule has 2 aromatic carbocycles. The van der Waals surface area contributed by atoms with E-state index in [2.05, 4.69) is 36.5 Å². The molecule has 0 radical (unpaired) electrons. The number of benzene rings is 2. The van der Waals surface area contributed by atoms with Crippen molar-refractivity contribution >= 4 is 22.4 Å². The predicted molar refractivity (Wildman–Crippen MR) is 124 cm³/mol. The maximum absolute atomic E-state index is 12.4. The van der Waals surface area contributed by atoms with E-state index in [0.29, 0.717) is 11.6 Å². The number of unbranched alkanes of at least 4 members (excludes halogenated alkanes) is 6. The number of rotatable bonds is 11. The molecule has 0 fully saturated rings. The fourth-order valence-electron chi connectivity index (χ4n) is 3.37. The third-order valence-corrected chi connectivity index (χ3v) is 5.98. The van der Waals surface area contributed by atoms with Crippen molar-refractivity contribution in [3.8, 4) is 21.7 Å². The molecule has 29 heavy (non-hydrogen) atoms. The van der Waals surface area contributed by atoms with Crippen LogP contribution in [0.3, 0.4) is 0 Å². The lowest BCUT2D eigenvalue weighted by Gasteiger charge is -2.02. The number of nitrogens with one attached hydrogen (secondary N) is 1. The summed E-state index contributed by atoms with van der Waals surface area (Å²) in [6, 6.07) is 20.4. The van der Waals surface area contributed by atoms with Crippen molar-refractivity contribution in [2.24, 2.45) is 0 Å². The zero-order valence-electron chi connectivity index (χ0n) is 17.2. The van der Waals surface area contributed by atoms with Crippen LogP contribution < -0.4 is 5.32 Å². The predicted octanol–water partition coefficient (Wildman–Crippen LogP) is 7.56. The number of nitrogens with zero attached hydrogens (tertiary/aromatic N) is 1. The summed E-state index contributed by atoms with van der Waals surface area (Å²) in [5, 5.41) is 3.70. The number of amides is 1. The summed E-state index contributed by atoms with van der Waals surface area (Å²) in [6.07, 6.45) is 9.04. The minimum atomic E-state index is 0.0616. The Hall–Kier alpha value is -2.46. The second-order valence-corrected chi connectivity index (χ2v) is 8.35. The second-order valence-electron chi connectivity index (χ2n) is 7.35. The van der Waals surface area contributed by atoms with Crippen molar-refractivity contribution in [3.63, 3.8) is 0 Å². The molecule has 0 aliphatic carbocycles. The quantitative estimate of drug-likeness (QED) is 0.334. The van der Waals surface area contributed by atoms with E-state index in [1.54, 1.807) is 11.3 Å². The lowest BCUT2D eigenvalue weighted by Crippen LogP contribution is -2.10. The van der Waals surface area contributed by atoms with E-state index in [4.69, 9.17) is 4.98 Å². The molecule has 3 aromatic rings. The summed E-state index contributed by atoms with van der Waals surface area (Å²) in [4.78, 5) is 18.2. The van der Waals surface area contributed by atoms with Crippen molar-refractivity contribution in [1.82, 2.24) is 4.98 Å². The third-order valence-electron chi connectivity index (χ3n) is 4.96. The molecule has 1 N–H and O–H groups in total. The number of anilines is 1. The van der Waals surface area contributed by atoms with Crippen LogP contribution in [-0.2, 0) is 4.79 Å². The van der Waals surface area contributed by atoms with Crippen molar-refractivity contribution < 1.29 is 4.79 Å². The highest BCUT2D eigenvalue weighted by molar-refractivity contribution is 7.19. The van der Waals surface area contributed by atoms with Gasteiger partial charge in [-0.2, -0.15) is 0 Å². The van der Waals surface area contributed by atoms with Crippen LogP contribution in [0.25, 0.3) is 21.7 Å². The average molecular weight is 407 g/mol. The van der Waals surface area contributed by atoms with Gasteiger partial charge in [-0.15, -0.1) is 0 Å². The molecular formula is C25H30N2OS. The molecule has 0 unspecified atom stereocenters. The Bertz CT molecular complexity index is 817. The lowest BCUT2D eigenvalue weighted by atomic mass is 10.1. The number of hydrogen-bond donors (Lipinski definition) is 1. The molecule has 0 saturated carbocycles. The van der Waals surface area contributed by atoms with E-state index in [0.717, 1.165) is 34.5 Å². The van der Waals surface area contributed by atoms with E-state index in [-0.39, 0.29) is 5.91 Å². The second kappa shape index (κ2) is 11.5. The normalized spacial score (nSPS) is 10.8. The van der Waals surface area contributed by atoms with Crippen molar-refractivity contribution in [1.29, 1.82) is 0 Å². The van der Waals surface area contributed by atoms with Gasteiger partial charge < -0.3 is 5.32 Å². The monoisotopic (exact) mass is 406 g/mol. The number of carbonyl (C=O) groups excluding carboxylic acids is 1. The van der Waals surface area contributed by atoms with E-state index in [9.17, 15) is 4.79 Å². The lowest BCUT2D eigenvalue weighted by molar-refractivity contribution is -0.116. The Labute approximate surface area is 178 Å². The van der Waals surface area contributed by atoms with Crippen LogP contribution in [0.1, 0.15) is 58.3 Å². The summed E-state index contributed by atoms with van der Waals surface area (Å²) in [5.74, 6) is 0.0616. The molecule has 3 rings (SSSR count). The minimum absolute atomic E-state index is 0.0616. The first-order valence-corrected chi connectivity index (χ1v) is 11.5. The SMILES string of the molecule is CCCCCCCCCC(=O)Nc1nc(-c2ccccc2)c(-c2ccccc2)s1. The Kier molecular flexibility index (Phi) is 8.44. The van der Waals surface area contributed by atoms with Gasteiger partial charge in [0.05, 0.1) is 10.6 Å². The molecule has 0 bridgehead atoms. The number of aromatic nitrogens is 1. The maximum Gasteiger partial charge on any atom is 0.226 e. The van der Waals surface area contributed by atoms with E-state index >= 15 is 0 Å². The third kappa shape index (κ3) is 6.53.